The fourth-order valence-electron chi connectivity index (χ4n) is 7.55. The number of benzene rings is 1. The topological polar surface area (TPSA) is 61.2 Å². The molecule has 0 fully saturated rings. The predicted octanol–water partition coefficient (Wildman–Crippen LogP) is 7.60. The number of hydrogen-bond donors (Lipinski definition) is 0. The molecule has 0 saturated carbocycles. The summed E-state index contributed by atoms with van der Waals surface area (Å²) in [6.45, 7) is 9.11. The lowest BCUT2D eigenvalue weighted by Crippen LogP contribution is -2.27. The summed E-state index contributed by atoms with van der Waals surface area (Å²) in [7, 11) is 1.58. The lowest BCUT2D eigenvalue weighted by molar-refractivity contribution is -0.109. The van der Waals surface area contributed by atoms with Crippen molar-refractivity contribution in [1.82, 2.24) is 9.55 Å². The van der Waals surface area contributed by atoms with Crippen LogP contribution in [0, 0.1) is 11.7 Å². The Morgan fingerprint density at radius 3 is 2.58 bits per heavy atom. The van der Waals surface area contributed by atoms with Crippen molar-refractivity contribution >= 4 is 17.2 Å². The van der Waals surface area contributed by atoms with Crippen molar-refractivity contribution in [2.75, 3.05) is 7.11 Å². The Balaban J connectivity index is 1.82. The predicted molar refractivity (Wildman–Crippen MR) is 159 cm³/mol. The summed E-state index contributed by atoms with van der Waals surface area (Å²) in [6, 6.07) is 3.60. The van der Waals surface area contributed by atoms with Gasteiger partial charge in [0.05, 0.1) is 30.1 Å². The first kappa shape index (κ1) is 28.7. The highest BCUT2D eigenvalue weighted by Gasteiger charge is 2.37. The molecule has 6 heteroatoms. The third kappa shape index (κ3) is 4.62. The molecular weight excluding hydrogens is 503 g/mol. The molecule has 3 unspecified atom stereocenters. The van der Waals surface area contributed by atoms with E-state index in [-0.39, 0.29) is 18.0 Å². The zero-order valence-electron chi connectivity index (χ0n) is 24.7. The number of nitrogens with zero attached hydrogens (tertiary/aromatic N) is 2. The van der Waals surface area contributed by atoms with Gasteiger partial charge in [0.15, 0.2) is 0 Å². The van der Waals surface area contributed by atoms with Crippen molar-refractivity contribution in [2.45, 2.75) is 110 Å². The molecule has 214 valence electrons. The Morgan fingerprint density at radius 1 is 1.12 bits per heavy atom. The molecule has 3 heterocycles. The quantitative estimate of drug-likeness (QED) is 0.172. The summed E-state index contributed by atoms with van der Waals surface area (Å²) in [4.78, 5) is 31.1. The Morgan fingerprint density at radius 2 is 1.93 bits per heavy atom. The molecular formula is C34H43FN2O3. The van der Waals surface area contributed by atoms with E-state index in [0.717, 1.165) is 71.0 Å². The molecule has 5 nitrogen and oxygen atoms in total. The maximum absolute atomic E-state index is 15.4. The molecule has 0 bridgehead atoms. The molecule has 3 atom stereocenters. The number of carbonyl (C=O) groups excluding carboxylic acids is 1. The van der Waals surface area contributed by atoms with Crippen molar-refractivity contribution in [3.8, 4) is 11.4 Å². The molecule has 1 aliphatic heterocycles. The fraction of sp³-hybridized carbons (Fsp3) is 0.559. The summed E-state index contributed by atoms with van der Waals surface area (Å²) in [5, 5.41) is 1.13. The first-order valence-corrected chi connectivity index (χ1v) is 15.3. The molecule has 0 saturated heterocycles. The van der Waals surface area contributed by atoms with Crippen LogP contribution in [0.1, 0.15) is 118 Å². The van der Waals surface area contributed by atoms with Gasteiger partial charge in [-0.3, -0.25) is 4.79 Å². The largest absolute Gasteiger partial charge is 0.380 e. The number of hydrogen-bond acceptors (Lipinski definition) is 4. The van der Waals surface area contributed by atoms with Gasteiger partial charge in [-0.05, 0) is 72.3 Å². The van der Waals surface area contributed by atoms with Crippen LogP contribution < -0.4 is 5.56 Å². The third-order valence-corrected chi connectivity index (χ3v) is 9.46. The zero-order valence-corrected chi connectivity index (χ0v) is 24.7. The summed E-state index contributed by atoms with van der Waals surface area (Å²) < 4.78 is 22.7. The standard InChI is InChI=1S/C34H43FN2O3/c1-6-10-12-21(11-7-2)23-13-14-24-22(9-4)28(35)16-29-32(24)31(23)26-17-37-30(33(26)36-29)15-25(20(8-3)18-38)27(19-40-5)34(37)39/h15-16,18,20-21,23H,6-14,17,19H2,1-5H3. The van der Waals surface area contributed by atoms with Crippen LogP contribution >= 0.6 is 0 Å². The first-order valence-electron chi connectivity index (χ1n) is 15.3. The van der Waals surface area contributed by atoms with Gasteiger partial charge >= 0.3 is 0 Å². The second-order valence-electron chi connectivity index (χ2n) is 11.7. The summed E-state index contributed by atoms with van der Waals surface area (Å²) in [6.07, 6.45) is 9.87. The number of ether oxygens (including phenoxy) is 1. The van der Waals surface area contributed by atoms with Gasteiger partial charge in [-0.25, -0.2) is 9.37 Å². The van der Waals surface area contributed by atoms with Crippen LogP contribution in [0.3, 0.4) is 0 Å². The molecule has 1 aliphatic carbocycles. The highest BCUT2D eigenvalue weighted by atomic mass is 19.1. The molecule has 2 aliphatic rings. The van der Waals surface area contributed by atoms with E-state index < -0.39 is 5.92 Å². The van der Waals surface area contributed by atoms with E-state index in [0.29, 0.717) is 42.3 Å². The summed E-state index contributed by atoms with van der Waals surface area (Å²) in [5.41, 5.74) is 7.68. The van der Waals surface area contributed by atoms with E-state index >= 15 is 4.39 Å². The average Bonchev–Trinajstić information content (AvgIpc) is 3.32. The molecule has 0 spiro atoms. The molecule has 2 aromatic heterocycles. The van der Waals surface area contributed by atoms with Gasteiger partial charge < -0.3 is 14.1 Å². The van der Waals surface area contributed by atoms with Crippen LogP contribution in [0.25, 0.3) is 22.3 Å². The number of aromatic nitrogens is 2. The van der Waals surface area contributed by atoms with Crippen molar-refractivity contribution in [3.05, 3.63) is 61.7 Å². The Hall–Kier alpha value is -2.86. The van der Waals surface area contributed by atoms with E-state index in [4.69, 9.17) is 9.72 Å². The number of fused-ring (bicyclic) bond motifs is 4. The monoisotopic (exact) mass is 546 g/mol. The van der Waals surface area contributed by atoms with E-state index in [2.05, 4.69) is 13.8 Å². The van der Waals surface area contributed by atoms with E-state index in [1.165, 1.54) is 24.8 Å². The Bertz CT molecular complexity index is 1490. The number of aryl methyl sites for hydroxylation is 1. The van der Waals surface area contributed by atoms with Gasteiger partial charge in [0, 0.05) is 35.6 Å². The number of pyridine rings is 2. The van der Waals surface area contributed by atoms with Gasteiger partial charge in [0.25, 0.3) is 5.56 Å². The van der Waals surface area contributed by atoms with Crippen molar-refractivity contribution in [2.24, 2.45) is 5.92 Å². The average molecular weight is 547 g/mol. The van der Waals surface area contributed by atoms with E-state index in [1.54, 1.807) is 13.2 Å². The second-order valence-corrected chi connectivity index (χ2v) is 11.7. The molecule has 5 rings (SSSR count). The maximum Gasteiger partial charge on any atom is 0.257 e. The van der Waals surface area contributed by atoms with Crippen LogP contribution in [-0.2, 0) is 35.5 Å². The zero-order chi connectivity index (χ0) is 28.6. The van der Waals surface area contributed by atoms with Gasteiger partial charge in [0.2, 0.25) is 0 Å². The van der Waals surface area contributed by atoms with Crippen molar-refractivity contribution < 1.29 is 13.9 Å². The minimum Gasteiger partial charge on any atom is -0.380 e. The van der Waals surface area contributed by atoms with Crippen LogP contribution in [0.5, 0.6) is 0 Å². The molecule has 3 aromatic rings. The number of rotatable bonds is 12. The minimum atomic E-state index is -0.390. The number of methoxy groups -OCH3 is 1. The smallest absolute Gasteiger partial charge is 0.257 e. The SMILES string of the molecule is CCCCC(CCC)C1CCc2c(CC)c(F)cc3nc4c(c1c23)Cn1c-4cc(C(C=O)CC)c(COC)c1=O. The maximum atomic E-state index is 15.4. The van der Waals surface area contributed by atoms with Gasteiger partial charge in [0.1, 0.15) is 12.1 Å². The second kappa shape index (κ2) is 11.9. The first-order chi connectivity index (χ1) is 19.4. The summed E-state index contributed by atoms with van der Waals surface area (Å²) in [5.74, 6) is 0.326. The van der Waals surface area contributed by atoms with Crippen LogP contribution in [0.2, 0.25) is 0 Å². The van der Waals surface area contributed by atoms with Crippen LogP contribution in [0.4, 0.5) is 4.39 Å². The van der Waals surface area contributed by atoms with E-state index in [1.807, 2.05) is 24.5 Å². The lowest BCUT2D eigenvalue weighted by Gasteiger charge is -2.35. The molecule has 40 heavy (non-hydrogen) atoms. The number of aldehydes is 1. The summed E-state index contributed by atoms with van der Waals surface area (Å²) >= 11 is 0. The van der Waals surface area contributed by atoms with Crippen molar-refractivity contribution in [1.29, 1.82) is 0 Å². The molecule has 0 radical (unpaired) electrons. The number of carbonyl (C=O) groups is 1. The van der Waals surface area contributed by atoms with Crippen molar-refractivity contribution in [3.63, 3.8) is 0 Å². The van der Waals surface area contributed by atoms with Crippen LogP contribution in [-0.4, -0.2) is 22.9 Å². The molecule has 0 amide bonds. The number of halogens is 1. The fourth-order valence-corrected chi connectivity index (χ4v) is 7.55. The van der Waals surface area contributed by atoms with Gasteiger partial charge in [-0.2, -0.15) is 0 Å². The minimum absolute atomic E-state index is 0.118. The third-order valence-electron chi connectivity index (χ3n) is 9.46. The normalized spacial score (nSPS) is 17.1. The number of unbranched alkanes of at least 4 members (excludes halogenated alkanes) is 1. The Kier molecular flexibility index (Phi) is 8.55. The van der Waals surface area contributed by atoms with E-state index in [9.17, 15) is 9.59 Å². The molecule has 1 aromatic carbocycles. The highest BCUT2D eigenvalue weighted by Crippen LogP contribution is 2.49. The highest BCUT2D eigenvalue weighted by molar-refractivity contribution is 5.93. The van der Waals surface area contributed by atoms with Gasteiger partial charge in [-0.1, -0.05) is 53.4 Å². The molecule has 0 N–H and O–H groups in total. The Labute approximate surface area is 237 Å². The van der Waals surface area contributed by atoms with Crippen LogP contribution in [0.15, 0.2) is 16.9 Å². The van der Waals surface area contributed by atoms with Gasteiger partial charge in [-0.15, -0.1) is 0 Å². The lowest BCUT2D eigenvalue weighted by atomic mass is 9.70.